The van der Waals surface area contributed by atoms with Gasteiger partial charge in [-0.25, -0.2) is 15.0 Å². The zero-order chi connectivity index (χ0) is 22.1. The Balaban J connectivity index is 1.49. The molecule has 5 rings (SSSR count). The summed E-state index contributed by atoms with van der Waals surface area (Å²) >= 11 is 0. The lowest BCUT2D eigenvalue weighted by Gasteiger charge is -2.18. The van der Waals surface area contributed by atoms with E-state index in [1.807, 2.05) is 0 Å². The molecule has 0 aliphatic rings. The molecule has 0 saturated carbocycles. The van der Waals surface area contributed by atoms with Crippen molar-refractivity contribution in [2.75, 3.05) is 0 Å². The summed E-state index contributed by atoms with van der Waals surface area (Å²) in [5.74, 6) is 2.51. The van der Waals surface area contributed by atoms with Crippen LogP contribution in [0, 0.1) is 0 Å². The first-order valence-corrected chi connectivity index (χ1v) is 11.1. The van der Waals surface area contributed by atoms with Crippen molar-refractivity contribution in [2.24, 2.45) is 0 Å². The highest BCUT2D eigenvalue weighted by Gasteiger charge is 2.20. The summed E-state index contributed by atoms with van der Waals surface area (Å²) in [6.07, 6.45) is 1.39. The van der Waals surface area contributed by atoms with Gasteiger partial charge in [-0.05, 0) is 32.7 Å². The standard InChI is InChI=1S/C29H27N3/c1-29(2,3)28-31-26(18-20-12-14-22-8-4-6-10-24(22)16-20)30-27(32-28)19-21-13-15-23-9-5-7-11-25(23)17-21/h4-17H,18-19H2,1-3H3. The fourth-order valence-electron chi connectivity index (χ4n) is 4.02. The zero-order valence-electron chi connectivity index (χ0n) is 18.8. The van der Waals surface area contributed by atoms with Gasteiger partial charge < -0.3 is 0 Å². The summed E-state index contributed by atoms with van der Waals surface area (Å²) < 4.78 is 0. The van der Waals surface area contributed by atoms with Crippen molar-refractivity contribution in [1.82, 2.24) is 15.0 Å². The lowest BCUT2D eigenvalue weighted by atomic mass is 9.95. The van der Waals surface area contributed by atoms with Crippen molar-refractivity contribution >= 4 is 21.5 Å². The summed E-state index contributed by atoms with van der Waals surface area (Å²) in [5.41, 5.74) is 2.29. The van der Waals surface area contributed by atoms with E-state index in [-0.39, 0.29) is 5.41 Å². The first-order chi connectivity index (χ1) is 15.4. The predicted octanol–water partition coefficient (Wildman–Crippen LogP) is 6.66. The van der Waals surface area contributed by atoms with Crippen LogP contribution >= 0.6 is 0 Å². The van der Waals surface area contributed by atoms with Gasteiger partial charge in [0.2, 0.25) is 0 Å². The van der Waals surface area contributed by atoms with Crippen LogP contribution in [0.4, 0.5) is 0 Å². The maximum Gasteiger partial charge on any atom is 0.137 e. The van der Waals surface area contributed by atoms with E-state index in [2.05, 4.69) is 106 Å². The summed E-state index contributed by atoms with van der Waals surface area (Å²) in [4.78, 5) is 14.6. The van der Waals surface area contributed by atoms with E-state index in [1.54, 1.807) is 0 Å². The van der Waals surface area contributed by atoms with Crippen LogP contribution in [0.5, 0.6) is 0 Å². The highest BCUT2D eigenvalue weighted by Crippen LogP contribution is 2.22. The number of aromatic nitrogens is 3. The summed E-state index contributed by atoms with van der Waals surface area (Å²) in [5, 5.41) is 4.98. The Bertz CT molecular complexity index is 1310. The van der Waals surface area contributed by atoms with Gasteiger partial charge in [0.05, 0.1) is 0 Å². The van der Waals surface area contributed by atoms with Gasteiger partial charge in [0.1, 0.15) is 17.5 Å². The van der Waals surface area contributed by atoms with Gasteiger partial charge in [-0.2, -0.15) is 0 Å². The van der Waals surface area contributed by atoms with Crippen LogP contribution in [0.15, 0.2) is 84.9 Å². The summed E-state index contributed by atoms with van der Waals surface area (Å²) in [7, 11) is 0. The molecule has 4 aromatic carbocycles. The molecular weight excluding hydrogens is 390 g/mol. The normalized spacial score (nSPS) is 11.8. The largest absolute Gasteiger partial charge is 0.217 e. The molecular formula is C29H27N3. The van der Waals surface area contributed by atoms with E-state index in [1.165, 1.54) is 32.7 Å². The molecule has 0 N–H and O–H groups in total. The molecule has 0 bridgehead atoms. The van der Waals surface area contributed by atoms with E-state index >= 15 is 0 Å². The second-order valence-corrected chi connectivity index (χ2v) is 9.46. The van der Waals surface area contributed by atoms with E-state index < -0.39 is 0 Å². The second-order valence-electron chi connectivity index (χ2n) is 9.46. The van der Waals surface area contributed by atoms with Crippen LogP contribution in [-0.2, 0) is 18.3 Å². The van der Waals surface area contributed by atoms with Crippen molar-refractivity contribution in [1.29, 1.82) is 0 Å². The van der Waals surface area contributed by atoms with Gasteiger partial charge in [0, 0.05) is 18.3 Å². The molecule has 0 radical (unpaired) electrons. The van der Waals surface area contributed by atoms with Gasteiger partial charge >= 0.3 is 0 Å². The lowest BCUT2D eigenvalue weighted by Crippen LogP contribution is -2.20. The molecule has 0 spiro atoms. The number of fused-ring (bicyclic) bond motifs is 2. The monoisotopic (exact) mass is 417 g/mol. The molecule has 1 heterocycles. The topological polar surface area (TPSA) is 38.7 Å². The molecule has 32 heavy (non-hydrogen) atoms. The third-order valence-electron chi connectivity index (χ3n) is 5.75. The Morgan fingerprint density at radius 3 is 1.41 bits per heavy atom. The van der Waals surface area contributed by atoms with Crippen LogP contribution in [0.1, 0.15) is 49.4 Å². The smallest absolute Gasteiger partial charge is 0.137 e. The van der Waals surface area contributed by atoms with E-state index in [0.29, 0.717) is 12.8 Å². The van der Waals surface area contributed by atoms with E-state index in [9.17, 15) is 0 Å². The van der Waals surface area contributed by atoms with E-state index in [4.69, 9.17) is 15.0 Å². The van der Waals surface area contributed by atoms with E-state index in [0.717, 1.165) is 17.5 Å². The summed E-state index contributed by atoms with van der Waals surface area (Å²) in [6.45, 7) is 6.46. The molecule has 3 heteroatoms. The minimum atomic E-state index is -0.140. The number of nitrogens with zero attached hydrogens (tertiary/aromatic N) is 3. The molecule has 1 aromatic heterocycles. The molecule has 0 atom stereocenters. The number of rotatable bonds is 4. The highest BCUT2D eigenvalue weighted by atomic mass is 15.0. The summed E-state index contributed by atoms with van der Waals surface area (Å²) in [6, 6.07) is 30.0. The average molecular weight is 418 g/mol. The predicted molar refractivity (Wildman–Crippen MR) is 132 cm³/mol. The molecule has 3 nitrogen and oxygen atoms in total. The van der Waals surface area contributed by atoms with Gasteiger partial charge in [-0.3, -0.25) is 0 Å². The Kier molecular flexibility index (Phi) is 5.18. The first kappa shape index (κ1) is 20.3. The highest BCUT2D eigenvalue weighted by molar-refractivity contribution is 5.83. The average Bonchev–Trinajstić information content (AvgIpc) is 2.78. The minimum Gasteiger partial charge on any atom is -0.217 e. The molecule has 0 aliphatic heterocycles. The van der Waals surface area contributed by atoms with Crippen LogP contribution in [0.2, 0.25) is 0 Å². The molecule has 0 fully saturated rings. The van der Waals surface area contributed by atoms with Gasteiger partial charge in [0.15, 0.2) is 0 Å². The Hall–Kier alpha value is -3.59. The maximum atomic E-state index is 4.88. The maximum absolute atomic E-state index is 4.88. The zero-order valence-corrected chi connectivity index (χ0v) is 18.8. The van der Waals surface area contributed by atoms with Gasteiger partial charge in [-0.1, -0.05) is 106 Å². The van der Waals surface area contributed by atoms with Crippen molar-refractivity contribution in [2.45, 2.75) is 39.0 Å². The molecule has 0 amide bonds. The van der Waals surface area contributed by atoms with Crippen molar-refractivity contribution in [3.8, 4) is 0 Å². The van der Waals surface area contributed by atoms with Crippen molar-refractivity contribution < 1.29 is 0 Å². The van der Waals surface area contributed by atoms with Crippen LogP contribution in [0.25, 0.3) is 21.5 Å². The van der Waals surface area contributed by atoms with Crippen molar-refractivity contribution in [3.63, 3.8) is 0 Å². The Morgan fingerprint density at radius 2 is 0.969 bits per heavy atom. The third kappa shape index (κ3) is 4.38. The molecule has 0 aliphatic carbocycles. The van der Waals surface area contributed by atoms with Crippen LogP contribution in [-0.4, -0.2) is 15.0 Å². The fourth-order valence-corrected chi connectivity index (χ4v) is 4.02. The second kappa shape index (κ2) is 8.16. The fraction of sp³-hybridized carbons (Fsp3) is 0.207. The lowest BCUT2D eigenvalue weighted by molar-refractivity contribution is 0.531. The molecule has 5 aromatic rings. The number of hydrogen-bond donors (Lipinski definition) is 0. The van der Waals surface area contributed by atoms with Gasteiger partial charge in [-0.15, -0.1) is 0 Å². The Morgan fingerprint density at radius 1 is 0.531 bits per heavy atom. The molecule has 158 valence electrons. The molecule has 0 saturated heterocycles. The van der Waals surface area contributed by atoms with Crippen LogP contribution < -0.4 is 0 Å². The van der Waals surface area contributed by atoms with Crippen molar-refractivity contribution in [3.05, 3.63) is 114 Å². The third-order valence-corrected chi connectivity index (χ3v) is 5.75. The Labute approximate surface area is 189 Å². The van der Waals surface area contributed by atoms with Crippen LogP contribution in [0.3, 0.4) is 0 Å². The van der Waals surface area contributed by atoms with Gasteiger partial charge in [0.25, 0.3) is 0 Å². The number of benzene rings is 4. The molecule has 0 unspecified atom stereocenters. The SMILES string of the molecule is CC(C)(C)c1nc(Cc2ccc3ccccc3c2)nc(Cc2ccc3ccccc3c2)n1. The minimum absolute atomic E-state index is 0.140. The quantitative estimate of drug-likeness (QED) is 0.328. The first-order valence-electron chi connectivity index (χ1n) is 11.1. The number of hydrogen-bond acceptors (Lipinski definition) is 3.